The van der Waals surface area contributed by atoms with E-state index in [1.54, 1.807) is 0 Å². The first-order valence-electron chi connectivity index (χ1n) is 10.0. The van der Waals surface area contributed by atoms with Gasteiger partial charge in [-0.15, -0.1) is 0 Å². The molecule has 4 rings (SSSR count). The van der Waals surface area contributed by atoms with Crippen molar-refractivity contribution in [2.24, 2.45) is 0 Å². The Morgan fingerprint density at radius 3 is 1.78 bits per heavy atom. The molecule has 0 bridgehead atoms. The van der Waals surface area contributed by atoms with Gasteiger partial charge in [0, 0.05) is 30.9 Å². The van der Waals surface area contributed by atoms with Crippen molar-refractivity contribution < 1.29 is 0 Å². The maximum absolute atomic E-state index is 3.97. The van der Waals surface area contributed by atoms with Gasteiger partial charge in [0.25, 0.3) is 0 Å². The van der Waals surface area contributed by atoms with Crippen LogP contribution in [0, 0.1) is 0 Å². The summed E-state index contributed by atoms with van der Waals surface area (Å²) in [5.74, 6) is 0. The number of nitrogens with zero attached hydrogens (tertiary/aromatic N) is 1. The summed E-state index contributed by atoms with van der Waals surface area (Å²) in [4.78, 5) is 2.55. The van der Waals surface area contributed by atoms with E-state index in [0.717, 1.165) is 32.4 Å². The van der Waals surface area contributed by atoms with Gasteiger partial charge in [-0.1, -0.05) is 78.9 Å². The van der Waals surface area contributed by atoms with E-state index in [9.17, 15) is 0 Å². The summed E-state index contributed by atoms with van der Waals surface area (Å²) in [6.45, 7) is 2.14. The van der Waals surface area contributed by atoms with Crippen molar-refractivity contribution in [2.45, 2.75) is 31.3 Å². The van der Waals surface area contributed by atoms with Crippen LogP contribution in [0.15, 0.2) is 91.0 Å². The van der Waals surface area contributed by atoms with Gasteiger partial charge in [-0.05, 0) is 42.5 Å². The molecule has 0 aliphatic carbocycles. The van der Waals surface area contributed by atoms with E-state index in [1.165, 1.54) is 16.8 Å². The quantitative estimate of drug-likeness (QED) is 0.712. The van der Waals surface area contributed by atoms with Crippen LogP contribution in [0.3, 0.4) is 0 Å². The fraction of sp³-hybridized carbons (Fsp3) is 0.280. The van der Waals surface area contributed by atoms with Gasteiger partial charge < -0.3 is 10.2 Å². The fourth-order valence-electron chi connectivity index (χ4n) is 4.09. The summed E-state index contributed by atoms with van der Waals surface area (Å²) < 4.78 is 0. The Morgan fingerprint density at radius 1 is 0.667 bits per heavy atom. The van der Waals surface area contributed by atoms with Crippen molar-refractivity contribution >= 4 is 5.69 Å². The standard InChI is InChI=1S/C25H28N2/c1-4-10-21(11-5-1)18-23-16-17-27(25-14-8-3-9-15-25)20-24(26-23)19-22-12-6-2-7-13-22/h1-15,23-24,26H,16-20H2. The smallest absolute Gasteiger partial charge is 0.0366 e. The summed E-state index contributed by atoms with van der Waals surface area (Å²) in [6, 6.07) is 33.5. The van der Waals surface area contributed by atoms with E-state index < -0.39 is 0 Å². The molecule has 3 aromatic carbocycles. The Balaban J connectivity index is 1.52. The zero-order valence-electron chi connectivity index (χ0n) is 15.8. The molecule has 0 saturated carbocycles. The van der Waals surface area contributed by atoms with Crippen LogP contribution < -0.4 is 10.2 Å². The van der Waals surface area contributed by atoms with Gasteiger partial charge in [-0.2, -0.15) is 0 Å². The fourth-order valence-corrected chi connectivity index (χ4v) is 4.09. The highest BCUT2D eigenvalue weighted by Crippen LogP contribution is 2.20. The third-order valence-electron chi connectivity index (χ3n) is 5.43. The molecule has 2 unspecified atom stereocenters. The zero-order chi connectivity index (χ0) is 18.3. The maximum atomic E-state index is 3.97. The second-order valence-electron chi connectivity index (χ2n) is 7.51. The van der Waals surface area contributed by atoms with Gasteiger partial charge in [0.2, 0.25) is 0 Å². The number of hydrogen-bond donors (Lipinski definition) is 1. The van der Waals surface area contributed by atoms with Crippen LogP contribution in [0.2, 0.25) is 0 Å². The molecule has 0 amide bonds. The third-order valence-corrected chi connectivity index (χ3v) is 5.43. The molecule has 1 saturated heterocycles. The van der Waals surface area contributed by atoms with E-state index in [4.69, 9.17) is 0 Å². The van der Waals surface area contributed by atoms with E-state index in [1.807, 2.05) is 0 Å². The molecular formula is C25H28N2. The van der Waals surface area contributed by atoms with Crippen molar-refractivity contribution in [3.63, 3.8) is 0 Å². The molecule has 2 heteroatoms. The van der Waals surface area contributed by atoms with Crippen LogP contribution >= 0.6 is 0 Å². The molecule has 0 aromatic heterocycles. The maximum Gasteiger partial charge on any atom is 0.0366 e. The highest BCUT2D eigenvalue weighted by molar-refractivity contribution is 5.46. The lowest BCUT2D eigenvalue weighted by atomic mass is 10.0. The number of rotatable bonds is 5. The highest BCUT2D eigenvalue weighted by atomic mass is 15.2. The van der Waals surface area contributed by atoms with Crippen LogP contribution in [0.1, 0.15) is 17.5 Å². The van der Waals surface area contributed by atoms with Gasteiger partial charge in [0.05, 0.1) is 0 Å². The molecule has 2 atom stereocenters. The van der Waals surface area contributed by atoms with E-state index in [2.05, 4.69) is 101 Å². The molecule has 138 valence electrons. The summed E-state index contributed by atoms with van der Waals surface area (Å²) in [5, 5.41) is 3.97. The molecule has 0 radical (unpaired) electrons. The molecule has 1 aliphatic heterocycles. The SMILES string of the molecule is c1ccc(CC2CCN(c3ccccc3)CC(Cc3ccccc3)N2)cc1. The summed E-state index contributed by atoms with van der Waals surface area (Å²) in [7, 11) is 0. The lowest BCUT2D eigenvalue weighted by Gasteiger charge is -2.27. The monoisotopic (exact) mass is 356 g/mol. The van der Waals surface area contributed by atoms with E-state index >= 15 is 0 Å². The van der Waals surface area contributed by atoms with Gasteiger partial charge in [0.15, 0.2) is 0 Å². The first kappa shape index (κ1) is 17.8. The van der Waals surface area contributed by atoms with Crippen LogP contribution in [0.4, 0.5) is 5.69 Å². The molecule has 1 heterocycles. The molecule has 2 nitrogen and oxygen atoms in total. The van der Waals surface area contributed by atoms with Crippen molar-refractivity contribution in [1.82, 2.24) is 5.32 Å². The van der Waals surface area contributed by atoms with E-state index in [0.29, 0.717) is 12.1 Å². The summed E-state index contributed by atoms with van der Waals surface area (Å²) >= 11 is 0. The Kier molecular flexibility index (Phi) is 5.86. The Hall–Kier alpha value is -2.58. The lowest BCUT2D eigenvalue weighted by molar-refractivity contribution is 0.440. The number of hydrogen-bond acceptors (Lipinski definition) is 2. The molecule has 27 heavy (non-hydrogen) atoms. The van der Waals surface area contributed by atoms with Gasteiger partial charge in [0.1, 0.15) is 0 Å². The summed E-state index contributed by atoms with van der Waals surface area (Å²) in [6.07, 6.45) is 3.32. The Morgan fingerprint density at radius 2 is 1.19 bits per heavy atom. The molecule has 1 fully saturated rings. The van der Waals surface area contributed by atoms with Crippen LogP contribution in [0.25, 0.3) is 0 Å². The third kappa shape index (κ3) is 4.99. The minimum Gasteiger partial charge on any atom is -0.370 e. The first-order chi connectivity index (χ1) is 13.4. The van der Waals surface area contributed by atoms with E-state index in [-0.39, 0.29) is 0 Å². The molecular weight excluding hydrogens is 328 g/mol. The Bertz CT molecular complexity index is 802. The molecule has 0 spiro atoms. The van der Waals surface area contributed by atoms with Crippen molar-refractivity contribution in [1.29, 1.82) is 0 Å². The predicted octanol–water partition coefficient (Wildman–Crippen LogP) is 4.71. The number of benzene rings is 3. The topological polar surface area (TPSA) is 15.3 Å². The van der Waals surface area contributed by atoms with Gasteiger partial charge in [-0.25, -0.2) is 0 Å². The summed E-state index contributed by atoms with van der Waals surface area (Å²) in [5.41, 5.74) is 4.16. The molecule has 1 N–H and O–H groups in total. The van der Waals surface area contributed by atoms with Crippen LogP contribution in [0.5, 0.6) is 0 Å². The highest BCUT2D eigenvalue weighted by Gasteiger charge is 2.24. The predicted molar refractivity (Wildman–Crippen MR) is 114 cm³/mol. The van der Waals surface area contributed by atoms with Crippen LogP contribution in [-0.2, 0) is 12.8 Å². The minimum atomic E-state index is 0.448. The zero-order valence-corrected chi connectivity index (χ0v) is 15.8. The van der Waals surface area contributed by atoms with Crippen molar-refractivity contribution in [2.75, 3.05) is 18.0 Å². The second kappa shape index (κ2) is 8.88. The molecule has 3 aromatic rings. The number of para-hydroxylation sites is 1. The lowest BCUT2D eigenvalue weighted by Crippen LogP contribution is -2.43. The normalized spacial score (nSPS) is 20.2. The van der Waals surface area contributed by atoms with Crippen molar-refractivity contribution in [3.8, 4) is 0 Å². The van der Waals surface area contributed by atoms with Gasteiger partial charge >= 0.3 is 0 Å². The minimum absolute atomic E-state index is 0.448. The second-order valence-corrected chi connectivity index (χ2v) is 7.51. The van der Waals surface area contributed by atoms with Crippen molar-refractivity contribution in [3.05, 3.63) is 102 Å². The number of nitrogens with one attached hydrogen (secondary N) is 1. The number of anilines is 1. The first-order valence-corrected chi connectivity index (χ1v) is 10.0. The van der Waals surface area contributed by atoms with Crippen LogP contribution in [-0.4, -0.2) is 25.2 Å². The largest absolute Gasteiger partial charge is 0.370 e. The molecule has 1 aliphatic rings. The average Bonchev–Trinajstić information content (AvgIpc) is 2.92. The Labute approximate surface area is 162 Å². The average molecular weight is 357 g/mol. The van der Waals surface area contributed by atoms with Gasteiger partial charge in [-0.3, -0.25) is 0 Å².